The summed E-state index contributed by atoms with van der Waals surface area (Å²) < 4.78 is 2.63. The standard InChI is InChI=1S/C12H10N4O2S/c13-12-10(16(17)18)5-14-15(12)6-8-7-19-11-4-2-1-3-9(8)11/h1-5,7H,6,13H2. The van der Waals surface area contributed by atoms with E-state index in [-0.39, 0.29) is 11.5 Å². The summed E-state index contributed by atoms with van der Waals surface area (Å²) in [6.07, 6.45) is 1.18. The van der Waals surface area contributed by atoms with E-state index in [2.05, 4.69) is 5.10 Å². The summed E-state index contributed by atoms with van der Waals surface area (Å²) in [5, 5.41) is 17.9. The zero-order valence-corrected chi connectivity index (χ0v) is 10.6. The van der Waals surface area contributed by atoms with Gasteiger partial charge in [0.05, 0.1) is 11.5 Å². The first-order valence-corrected chi connectivity index (χ1v) is 6.45. The van der Waals surface area contributed by atoms with Crippen LogP contribution >= 0.6 is 11.3 Å². The average Bonchev–Trinajstić information content (AvgIpc) is 2.96. The lowest BCUT2D eigenvalue weighted by Crippen LogP contribution is -2.06. The lowest BCUT2D eigenvalue weighted by Gasteiger charge is -2.02. The molecule has 0 fully saturated rings. The molecule has 0 aliphatic rings. The Morgan fingerprint density at radius 2 is 2.21 bits per heavy atom. The van der Waals surface area contributed by atoms with E-state index in [0.717, 1.165) is 10.9 Å². The van der Waals surface area contributed by atoms with Gasteiger partial charge in [0.25, 0.3) is 0 Å². The van der Waals surface area contributed by atoms with Crippen molar-refractivity contribution in [1.29, 1.82) is 0 Å². The number of hydrogen-bond donors (Lipinski definition) is 1. The number of nitrogens with zero attached hydrogens (tertiary/aromatic N) is 3. The SMILES string of the molecule is Nc1c([N+](=O)[O-])cnn1Cc1csc2ccccc12. The Labute approximate surface area is 112 Å². The molecule has 0 aliphatic carbocycles. The van der Waals surface area contributed by atoms with Crippen molar-refractivity contribution in [2.24, 2.45) is 0 Å². The molecule has 0 amide bonds. The molecular weight excluding hydrogens is 264 g/mol. The largest absolute Gasteiger partial charge is 0.378 e. The molecule has 6 nitrogen and oxygen atoms in total. The second-order valence-electron chi connectivity index (χ2n) is 4.09. The van der Waals surface area contributed by atoms with E-state index in [1.165, 1.54) is 15.6 Å². The molecule has 0 unspecified atom stereocenters. The van der Waals surface area contributed by atoms with E-state index in [9.17, 15) is 10.1 Å². The van der Waals surface area contributed by atoms with Crippen LogP contribution in [0.2, 0.25) is 0 Å². The molecule has 19 heavy (non-hydrogen) atoms. The van der Waals surface area contributed by atoms with Gasteiger partial charge < -0.3 is 5.73 Å². The van der Waals surface area contributed by atoms with E-state index in [0.29, 0.717) is 6.54 Å². The van der Waals surface area contributed by atoms with Gasteiger partial charge in [-0.1, -0.05) is 18.2 Å². The van der Waals surface area contributed by atoms with Crippen LogP contribution in [-0.2, 0) is 6.54 Å². The number of anilines is 1. The van der Waals surface area contributed by atoms with Crippen LogP contribution < -0.4 is 5.73 Å². The third kappa shape index (κ3) is 1.93. The molecule has 0 atom stereocenters. The van der Waals surface area contributed by atoms with Crippen LogP contribution in [0.15, 0.2) is 35.8 Å². The molecule has 7 heteroatoms. The van der Waals surface area contributed by atoms with Gasteiger partial charge in [0.1, 0.15) is 6.20 Å². The lowest BCUT2D eigenvalue weighted by atomic mass is 10.2. The Bertz CT molecular complexity index is 762. The van der Waals surface area contributed by atoms with Gasteiger partial charge in [-0.15, -0.1) is 11.3 Å². The van der Waals surface area contributed by atoms with Gasteiger partial charge in [-0.05, 0) is 22.4 Å². The smallest absolute Gasteiger partial charge is 0.330 e. The molecule has 2 N–H and O–H groups in total. The summed E-state index contributed by atoms with van der Waals surface area (Å²) in [5.74, 6) is 0.0836. The van der Waals surface area contributed by atoms with E-state index in [4.69, 9.17) is 5.73 Å². The van der Waals surface area contributed by atoms with Crippen LogP contribution in [0.1, 0.15) is 5.56 Å². The molecule has 0 aliphatic heterocycles. The first-order valence-electron chi connectivity index (χ1n) is 5.57. The van der Waals surface area contributed by atoms with Gasteiger partial charge >= 0.3 is 5.69 Å². The second-order valence-corrected chi connectivity index (χ2v) is 5.00. The summed E-state index contributed by atoms with van der Waals surface area (Å²) >= 11 is 1.64. The van der Waals surface area contributed by atoms with Crippen LogP contribution in [0.3, 0.4) is 0 Å². The highest BCUT2D eigenvalue weighted by molar-refractivity contribution is 7.17. The maximum Gasteiger partial charge on any atom is 0.330 e. The fourth-order valence-electron chi connectivity index (χ4n) is 1.97. The van der Waals surface area contributed by atoms with Crippen LogP contribution in [0, 0.1) is 10.1 Å². The molecule has 3 aromatic rings. The highest BCUT2D eigenvalue weighted by Gasteiger charge is 2.18. The van der Waals surface area contributed by atoms with Gasteiger partial charge in [0.2, 0.25) is 5.82 Å². The van der Waals surface area contributed by atoms with Crippen LogP contribution in [0.5, 0.6) is 0 Å². The first kappa shape index (κ1) is 11.7. The number of thiophene rings is 1. The Balaban J connectivity index is 1.99. The maximum atomic E-state index is 10.7. The normalized spacial score (nSPS) is 10.9. The van der Waals surface area contributed by atoms with E-state index in [1.54, 1.807) is 11.3 Å². The van der Waals surface area contributed by atoms with Crippen molar-refractivity contribution in [1.82, 2.24) is 9.78 Å². The number of benzene rings is 1. The quantitative estimate of drug-likeness (QED) is 0.587. The predicted molar refractivity (Wildman–Crippen MR) is 74.2 cm³/mol. The van der Waals surface area contributed by atoms with Crippen molar-refractivity contribution in [3.63, 3.8) is 0 Å². The number of hydrogen-bond acceptors (Lipinski definition) is 5. The lowest BCUT2D eigenvalue weighted by molar-refractivity contribution is -0.384. The van der Waals surface area contributed by atoms with E-state index < -0.39 is 4.92 Å². The van der Waals surface area contributed by atoms with E-state index >= 15 is 0 Å². The third-order valence-corrected chi connectivity index (χ3v) is 3.95. The fraction of sp³-hybridized carbons (Fsp3) is 0.0833. The molecule has 96 valence electrons. The van der Waals surface area contributed by atoms with Crippen molar-refractivity contribution in [3.05, 3.63) is 51.5 Å². The highest BCUT2D eigenvalue weighted by atomic mass is 32.1. The van der Waals surface area contributed by atoms with Crippen LogP contribution in [0.25, 0.3) is 10.1 Å². The summed E-state index contributed by atoms with van der Waals surface area (Å²) in [4.78, 5) is 10.2. The topological polar surface area (TPSA) is 87.0 Å². The highest BCUT2D eigenvalue weighted by Crippen LogP contribution is 2.28. The summed E-state index contributed by atoms with van der Waals surface area (Å²) in [6, 6.07) is 8.01. The fourth-order valence-corrected chi connectivity index (χ4v) is 2.92. The minimum atomic E-state index is -0.523. The molecule has 0 saturated carbocycles. The second kappa shape index (κ2) is 4.36. The molecule has 3 rings (SSSR count). The van der Waals surface area contributed by atoms with Crippen molar-refractivity contribution in [2.45, 2.75) is 6.54 Å². The van der Waals surface area contributed by atoms with Crippen LogP contribution in [0.4, 0.5) is 11.5 Å². The summed E-state index contributed by atoms with van der Waals surface area (Å²) in [6.45, 7) is 0.434. The van der Waals surface area contributed by atoms with Crippen molar-refractivity contribution >= 4 is 32.9 Å². The molecule has 2 heterocycles. The van der Waals surface area contributed by atoms with Crippen LogP contribution in [-0.4, -0.2) is 14.7 Å². The predicted octanol–water partition coefficient (Wildman–Crippen LogP) is 2.64. The Kier molecular flexibility index (Phi) is 2.68. The van der Waals surface area contributed by atoms with Gasteiger partial charge in [-0.3, -0.25) is 10.1 Å². The Morgan fingerprint density at radius 3 is 2.95 bits per heavy atom. The van der Waals surface area contributed by atoms with Crippen molar-refractivity contribution in [2.75, 3.05) is 5.73 Å². The molecule has 0 radical (unpaired) electrons. The third-order valence-electron chi connectivity index (χ3n) is 2.94. The number of rotatable bonds is 3. The number of nitrogens with two attached hydrogens (primary N) is 1. The molecule has 2 aromatic heterocycles. The molecule has 0 bridgehead atoms. The molecule has 0 saturated heterocycles. The number of fused-ring (bicyclic) bond motifs is 1. The minimum Gasteiger partial charge on any atom is -0.378 e. The summed E-state index contributed by atoms with van der Waals surface area (Å²) in [5.41, 5.74) is 6.63. The van der Waals surface area contributed by atoms with Gasteiger partial charge in [0, 0.05) is 4.70 Å². The first-order chi connectivity index (χ1) is 9.16. The Hall–Kier alpha value is -2.41. The van der Waals surface area contributed by atoms with Gasteiger partial charge in [-0.25, -0.2) is 4.68 Å². The van der Waals surface area contributed by atoms with Gasteiger partial charge in [-0.2, -0.15) is 5.10 Å². The zero-order chi connectivity index (χ0) is 13.4. The van der Waals surface area contributed by atoms with E-state index in [1.807, 2.05) is 29.6 Å². The maximum absolute atomic E-state index is 10.7. The van der Waals surface area contributed by atoms with Crippen molar-refractivity contribution in [3.8, 4) is 0 Å². The number of aromatic nitrogens is 2. The van der Waals surface area contributed by atoms with Crippen molar-refractivity contribution < 1.29 is 4.92 Å². The number of nitro groups is 1. The number of nitrogen functional groups attached to an aromatic ring is 1. The molecule has 1 aromatic carbocycles. The Morgan fingerprint density at radius 1 is 1.42 bits per heavy atom. The minimum absolute atomic E-state index is 0.0836. The molecule has 0 spiro atoms. The average molecular weight is 274 g/mol. The monoisotopic (exact) mass is 274 g/mol. The van der Waals surface area contributed by atoms with Gasteiger partial charge in [0.15, 0.2) is 0 Å². The summed E-state index contributed by atoms with van der Waals surface area (Å²) in [7, 11) is 0. The molecular formula is C12H10N4O2S. The zero-order valence-electron chi connectivity index (χ0n) is 9.81.